The summed E-state index contributed by atoms with van der Waals surface area (Å²) in [7, 11) is 0. The predicted molar refractivity (Wildman–Crippen MR) is 106 cm³/mol. The maximum Gasteiger partial charge on any atom is 0.191 e. The molecule has 0 saturated heterocycles. The van der Waals surface area contributed by atoms with Crippen LogP contribution in [0.1, 0.15) is 24.1 Å². The lowest BCUT2D eigenvalue weighted by molar-refractivity contribution is 0.397. The fraction of sp³-hybridized carbons (Fsp3) is 0.190. The molecule has 4 aromatic rings. The van der Waals surface area contributed by atoms with Crippen LogP contribution in [0.15, 0.2) is 76.4 Å². The predicted octanol–water partition coefficient (Wildman–Crippen LogP) is 4.84. The van der Waals surface area contributed by atoms with E-state index in [9.17, 15) is 0 Å². The minimum absolute atomic E-state index is 0.670. The first-order valence-electron chi connectivity index (χ1n) is 8.93. The van der Waals surface area contributed by atoms with Crippen molar-refractivity contribution in [3.8, 4) is 11.3 Å². The summed E-state index contributed by atoms with van der Waals surface area (Å²) in [6, 6.07) is 22.4. The minimum atomic E-state index is 0.670. The summed E-state index contributed by atoms with van der Waals surface area (Å²) in [5.41, 5.74) is 3.14. The molecule has 27 heavy (non-hydrogen) atoms. The number of nitrogens with zero attached hydrogens (tertiary/aromatic N) is 4. The van der Waals surface area contributed by atoms with Crippen LogP contribution in [0.2, 0.25) is 0 Å². The third-order valence-electron chi connectivity index (χ3n) is 4.29. The Hall–Kier alpha value is -2.86. The van der Waals surface area contributed by atoms with Crippen molar-refractivity contribution in [1.82, 2.24) is 19.9 Å². The van der Waals surface area contributed by atoms with Crippen molar-refractivity contribution >= 4 is 11.8 Å². The summed E-state index contributed by atoms with van der Waals surface area (Å²) in [5, 5.41) is 13.8. The first kappa shape index (κ1) is 17.5. The molecule has 0 spiro atoms. The standard InChI is InChI=1S/C21H20N4OS/c1-2-25-20(13-16-9-5-3-6-10-16)22-23-21(25)27-15-18-14-19(24-26-18)17-11-7-4-8-12-17/h3-12,14H,2,13,15H2,1H3. The van der Waals surface area contributed by atoms with E-state index in [2.05, 4.69) is 39.0 Å². The molecule has 0 fully saturated rings. The molecule has 5 nitrogen and oxygen atoms in total. The number of hydrogen-bond donors (Lipinski definition) is 0. The molecule has 0 N–H and O–H groups in total. The number of rotatable bonds is 7. The number of benzene rings is 2. The van der Waals surface area contributed by atoms with Crippen LogP contribution in [-0.2, 0) is 18.7 Å². The van der Waals surface area contributed by atoms with Gasteiger partial charge in [0, 0.05) is 24.6 Å². The Morgan fingerprint density at radius 2 is 1.70 bits per heavy atom. The molecule has 0 atom stereocenters. The topological polar surface area (TPSA) is 56.7 Å². The molecule has 136 valence electrons. The molecule has 0 radical (unpaired) electrons. The van der Waals surface area contributed by atoms with Gasteiger partial charge in [-0.15, -0.1) is 10.2 Å². The van der Waals surface area contributed by atoms with Crippen LogP contribution in [0.4, 0.5) is 0 Å². The Morgan fingerprint density at radius 1 is 0.963 bits per heavy atom. The quantitative estimate of drug-likeness (QED) is 0.432. The van der Waals surface area contributed by atoms with Gasteiger partial charge in [0.1, 0.15) is 17.3 Å². The molecule has 0 unspecified atom stereocenters. The average molecular weight is 376 g/mol. The van der Waals surface area contributed by atoms with Gasteiger partial charge in [-0.25, -0.2) is 0 Å². The van der Waals surface area contributed by atoms with Crippen LogP contribution in [-0.4, -0.2) is 19.9 Å². The van der Waals surface area contributed by atoms with E-state index >= 15 is 0 Å². The van der Waals surface area contributed by atoms with Gasteiger partial charge in [0.2, 0.25) is 0 Å². The molecule has 0 bridgehead atoms. The van der Waals surface area contributed by atoms with Crippen LogP contribution in [0.3, 0.4) is 0 Å². The molecule has 0 amide bonds. The van der Waals surface area contributed by atoms with Crippen molar-refractivity contribution in [2.24, 2.45) is 0 Å². The molecule has 0 saturated carbocycles. The number of aromatic nitrogens is 4. The van der Waals surface area contributed by atoms with E-state index in [1.54, 1.807) is 11.8 Å². The van der Waals surface area contributed by atoms with Crippen LogP contribution in [0, 0.1) is 0 Å². The minimum Gasteiger partial charge on any atom is -0.360 e. The van der Waals surface area contributed by atoms with Crippen LogP contribution in [0.5, 0.6) is 0 Å². The summed E-state index contributed by atoms with van der Waals surface area (Å²) in [5.74, 6) is 2.48. The summed E-state index contributed by atoms with van der Waals surface area (Å²) < 4.78 is 7.65. The molecule has 2 aromatic carbocycles. The highest BCUT2D eigenvalue weighted by atomic mass is 32.2. The zero-order valence-electron chi connectivity index (χ0n) is 15.1. The summed E-state index contributed by atoms with van der Waals surface area (Å²) in [6.45, 7) is 2.95. The van der Waals surface area contributed by atoms with Gasteiger partial charge in [0.25, 0.3) is 0 Å². The van der Waals surface area contributed by atoms with Crippen molar-refractivity contribution in [3.63, 3.8) is 0 Å². The van der Waals surface area contributed by atoms with E-state index in [0.717, 1.165) is 41.0 Å². The monoisotopic (exact) mass is 376 g/mol. The average Bonchev–Trinajstić information content (AvgIpc) is 3.34. The Balaban J connectivity index is 1.45. The largest absolute Gasteiger partial charge is 0.360 e. The highest BCUT2D eigenvalue weighted by Gasteiger charge is 2.14. The molecule has 2 aromatic heterocycles. The van der Waals surface area contributed by atoms with Crippen molar-refractivity contribution in [1.29, 1.82) is 0 Å². The highest BCUT2D eigenvalue weighted by molar-refractivity contribution is 7.98. The van der Waals surface area contributed by atoms with Crippen molar-refractivity contribution in [3.05, 3.63) is 83.9 Å². The molecule has 0 aliphatic heterocycles. The van der Waals surface area contributed by atoms with E-state index in [1.165, 1.54) is 5.56 Å². The summed E-state index contributed by atoms with van der Waals surface area (Å²) in [6.07, 6.45) is 0.780. The first-order chi connectivity index (χ1) is 13.3. The SMILES string of the molecule is CCn1c(Cc2ccccc2)nnc1SCc1cc(-c2ccccc2)no1. The van der Waals surface area contributed by atoms with Crippen LogP contribution >= 0.6 is 11.8 Å². The molecule has 6 heteroatoms. The zero-order chi connectivity index (χ0) is 18.5. The van der Waals surface area contributed by atoms with Gasteiger partial charge in [-0.05, 0) is 12.5 Å². The van der Waals surface area contributed by atoms with Gasteiger partial charge in [0.05, 0.1) is 5.75 Å². The van der Waals surface area contributed by atoms with Crippen molar-refractivity contribution in [2.75, 3.05) is 0 Å². The van der Waals surface area contributed by atoms with E-state index in [-0.39, 0.29) is 0 Å². The maximum atomic E-state index is 5.49. The Kier molecular flexibility index (Phi) is 5.34. The lowest BCUT2D eigenvalue weighted by Gasteiger charge is -2.06. The smallest absolute Gasteiger partial charge is 0.191 e. The first-order valence-corrected chi connectivity index (χ1v) is 9.92. The molecule has 0 aliphatic carbocycles. The zero-order valence-corrected chi connectivity index (χ0v) is 15.9. The lowest BCUT2D eigenvalue weighted by atomic mass is 10.1. The maximum absolute atomic E-state index is 5.49. The molecular weight excluding hydrogens is 356 g/mol. The van der Waals surface area contributed by atoms with Crippen molar-refractivity contribution < 1.29 is 4.52 Å². The van der Waals surface area contributed by atoms with Crippen LogP contribution in [0.25, 0.3) is 11.3 Å². The molecule has 4 rings (SSSR count). The molecule has 0 aliphatic rings. The van der Waals surface area contributed by atoms with E-state index < -0.39 is 0 Å². The van der Waals surface area contributed by atoms with Gasteiger partial charge < -0.3 is 9.09 Å². The number of hydrogen-bond acceptors (Lipinski definition) is 5. The van der Waals surface area contributed by atoms with Gasteiger partial charge in [0.15, 0.2) is 5.16 Å². The second-order valence-corrected chi connectivity index (χ2v) is 7.08. The van der Waals surface area contributed by atoms with Gasteiger partial charge in [-0.1, -0.05) is 77.6 Å². The summed E-state index contributed by atoms with van der Waals surface area (Å²) in [4.78, 5) is 0. The normalized spacial score (nSPS) is 11.0. The van der Waals surface area contributed by atoms with Crippen molar-refractivity contribution in [2.45, 2.75) is 30.8 Å². The van der Waals surface area contributed by atoms with E-state index in [0.29, 0.717) is 5.75 Å². The molecule has 2 heterocycles. The lowest BCUT2D eigenvalue weighted by Crippen LogP contribution is -2.04. The fourth-order valence-corrected chi connectivity index (χ4v) is 3.81. The van der Waals surface area contributed by atoms with Gasteiger partial charge in [-0.2, -0.15) is 0 Å². The third-order valence-corrected chi connectivity index (χ3v) is 5.28. The second-order valence-electron chi connectivity index (χ2n) is 6.14. The van der Waals surface area contributed by atoms with E-state index in [4.69, 9.17) is 4.52 Å². The fourth-order valence-electron chi connectivity index (χ4n) is 2.91. The van der Waals surface area contributed by atoms with Gasteiger partial charge >= 0.3 is 0 Å². The number of thioether (sulfide) groups is 1. The Bertz CT molecular complexity index is 995. The highest BCUT2D eigenvalue weighted by Crippen LogP contribution is 2.25. The molecular formula is C21H20N4OS. The van der Waals surface area contributed by atoms with Crippen LogP contribution < -0.4 is 0 Å². The van der Waals surface area contributed by atoms with E-state index in [1.807, 2.05) is 54.6 Å². The summed E-state index contributed by atoms with van der Waals surface area (Å²) >= 11 is 1.62. The second kappa shape index (κ2) is 8.22. The van der Waals surface area contributed by atoms with Gasteiger partial charge in [-0.3, -0.25) is 0 Å². The Morgan fingerprint density at radius 3 is 2.44 bits per heavy atom. The Labute approximate surface area is 162 Å². The third kappa shape index (κ3) is 4.11.